The van der Waals surface area contributed by atoms with Crippen LogP contribution in [0.3, 0.4) is 0 Å². The summed E-state index contributed by atoms with van der Waals surface area (Å²) in [6.07, 6.45) is 3.21. The summed E-state index contributed by atoms with van der Waals surface area (Å²) < 4.78 is 0. The van der Waals surface area contributed by atoms with Gasteiger partial charge in [0.1, 0.15) is 0 Å². The molecular formula is C16H21ClN2O3. The molecule has 3 N–H and O–H groups in total. The predicted molar refractivity (Wildman–Crippen MR) is 86.1 cm³/mol. The molecule has 2 amide bonds. The Kier molecular flexibility index (Phi) is 5.42. The van der Waals surface area contributed by atoms with Crippen molar-refractivity contribution < 1.29 is 14.7 Å². The second-order valence-electron chi connectivity index (χ2n) is 5.71. The number of carbonyl (C=O) groups is 2. The molecule has 0 spiro atoms. The first-order chi connectivity index (χ1) is 10.4. The van der Waals surface area contributed by atoms with E-state index in [4.69, 9.17) is 11.6 Å². The van der Waals surface area contributed by atoms with Gasteiger partial charge in [0.2, 0.25) is 5.91 Å². The normalized spacial score (nSPS) is 16.3. The number of halogens is 1. The molecule has 0 atom stereocenters. The summed E-state index contributed by atoms with van der Waals surface area (Å²) in [5.74, 6) is -0.586. The third-order valence-corrected chi connectivity index (χ3v) is 4.10. The van der Waals surface area contributed by atoms with Gasteiger partial charge in [-0.15, -0.1) is 0 Å². The van der Waals surface area contributed by atoms with Crippen LogP contribution in [0.15, 0.2) is 18.2 Å². The molecule has 1 fully saturated rings. The van der Waals surface area contributed by atoms with Gasteiger partial charge < -0.3 is 15.7 Å². The SMILES string of the molecule is CCNC(=O)c1cc(Cl)ccc1NC(=O)CC1(O)CCCC1. The second-order valence-corrected chi connectivity index (χ2v) is 6.14. The van der Waals surface area contributed by atoms with Gasteiger partial charge in [-0.3, -0.25) is 9.59 Å². The molecule has 1 aromatic rings. The molecule has 1 aliphatic carbocycles. The van der Waals surface area contributed by atoms with Crippen molar-refractivity contribution in [1.82, 2.24) is 5.32 Å². The van der Waals surface area contributed by atoms with Crippen molar-refractivity contribution in [2.45, 2.75) is 44.6 Å². The summed E-state index contributed by atoms with van der Waals surface area (Å²) >= 11 is 5.92. The molecule has 0 aliphatic heterocycles. The largest absolute Gasteiger partial charge is 0.389 e. The van der Waals surface area contributed by atoms with E-state index in [9.17, 15) is 14.7 Å². The van der Waals surface area contributed by atoms with Crippen LogP contribution in [0.1, 0.15) is 49.4 Å². The Morgan fingerprint density at radius 1 is 1.32 bits per heavy atom. The smallest absolute Gasteiger partial charge is 0.253 e. The molecule has 0 bridgehead atoms. The maximum Gasteiger partial charge on any atom is 0.253 e. The average molecular weight is 325 g/mol. The molecule has 0 saturated heterocycles. The average Bonchev–Trinajstić information content (AvgIpc) is 2.87. The monoisotopic (exact) mass is 324 g/mol. The molecule has 2 rings (SSSR count). The Labute approximate surface area is 135 Å². The van der Waals surface area contributed by atoms with E-state index in [2.05, 4.69) is 10.6 Å². The number of aliphatic hydroxyl groups is 1. The number of hydrogen-bond donors (Lipinski definition) is 3. The number of benzene rings is 1. The predicted octanol–water partition coefficient (Wildman–Crippen LogP) is 2.72. The molecule has 1 aromatic carbocycles. The van der Waals surface area contributed by atoms with Gasteiger partial charge in [-0.25, -0.2) is 0 Å². The Morgan fingerprint density at radius 3 is 2.64 bits per heavy atom. The van der Waals surface area contributed by atoms with Gasteiger partial charge in [0.15, 0.2) is 0 Å². The lowest BCUT2D eigenvalue weighted by atomic mass is 9.97. The summed E-state index contributed by atoms with van der Waals surface area (Å²) in [5.41, 5.74) is -0.189. The lowest BCUT2D eigenvalue weighted by Crippen LogP contribution is -2.31. The fourth-order valence-electron chi connectivity index (χ4n) is 2.77. The van der Waals surface area contributed by atoms with Crippen LogP contribution in [0.25, 0.3) is 0 Å². The van der Waals surface area contributed by atoms with Crippen LogP contribution in [-0.2, 0) is 4.79 Å². The van der Waals surface area contributed by atoms with E-state index in [1.54, 1.807) is 12.1 Å². The summed E-state index contributed by atoms with van der Waals surface area (Å²) in [6.45, 7) is 2.30. The van der Waals surface area contributed by atoms with Gasteiger partial charge in [-0.05, 0) is 38.0 Å². The molecule has 6 heteroatoms. The highest BCUT2D eigenvalue weighted by Crippen LogP contribution is 2.32. The standard InChI is InChI=1S/C16H21ClN2O3/c1-2-18-15(21)12-9-11(17)5-6-13(12)19-14(20)10-16(22)7-3-4-8-16/h5-6,9,22H,2-4,7-8,10H2,1H3,(H,18,21)(H,19,20). The molecule has 22 heavy (non-hydrogen) atoms. The van der Waals surface area contributed by atoms with Crippen LogP contribution >= 0.6 is 11.6 Å². The van der Waals surface area contributed by atoms with E-state index >= 15 is 0 Å². The number of anilines is 1. The Hall–Kier alpha value is -1.59. The fraction of sp³-hybridized carbons (Fsp3) is 0.500. The van der Waals surface area contributed by atoms with E-state index in [0.717, 1.165) is 12.8 Å². The van der Waals surface area contributed by atoms with Crippen LogP contribution < -0.4 is 10.6 Å². The molecule has 0 aromatic heterocycles. The van der Waals surface area contributed by atoms with E-state index in [1.165, 1.54) is 6.07 Å². The van der Waals surface area contributed by atoms with Gasteiger partial charge in [0.25, 0.3) is 5.91 Å². The number of nitrogens with one attached hydrogen (secondary N) is 2. The maximum absolute atomic E-state index is 12.2. The second kappa shape index (κ2) is 7.11. The van der Waals surface area contributed by atoms with Crippen molar-refractivity contribution in [3.8, 4) is 0 Å². The van der Waals surface area contributed by atoms with Crippen molar-refractivity contribution in [2.75, 3.05) is 11.9 Å². The van der Waals surface area contributed by atoms with E-state index in [1.807, 2.05) is 6.92 Å². The highest BCUT2D eigenvalue weighted by molar-refractivity contribution is 6.31. The van der Waals surface area contributed by atoms with Gasteiger partial charge in [-0.1, -0.05) is 24.4 Å². The van der Waals surface area contributed by atoms with Gasteiger partial charge in [0.05, 0.1) is 23.3 Å². The summed E-state index contributed by atoms with van der Waals surface area (Å²) in [4.78, 5) is 24.2. The summed E-state index contributed by atoms with van der Waals surface area (Å²) in [7, 11) is 0. The number of carbonyl (C=O) groups excluding carboxylic acids is 2. The van der Waals surface area contributed by atoms with E-state index < -0.39 is 5.60 Å². The zero-order chi connectivity index (χ0) is 16.2. The number of rotatable bonds is 5. The molecule has 1 saturated carbocycles. The molecule has 0 heterocycles. The van der Waals surface area contributed by atoms with Crippen molar-refractivity contribution in [3.05, 3.63) is 28.8 Å². The molecule has 1 aliphatic rings. The summed E-state index contributed by atoms with van der Waals surface area (Å²) in [6, 6.07) is 4.74. The summed E-state index contributed by atoms with van der Waals surface area (Å²) in [5, 5.41) is 16.1. The molecule has 0 unspecified atom stereocenters. The van der Waals surface area contributed by atoms with E-state index in [-0.39, 0.29) is 18.2 Å². The molecule has 120 valence electrons. The van der Waals surface area contributed by atoms with Crippen molar-refractivity contribution in [2.24, 2.45) is 0 Å². The van der Waals surface area contributed by atoms with Gasteiger partial charge in [0, 0.05) is 11.6 Å². The van der Waals surface area contributed by atoms with Gasteiger partial charge in [-0.2, -0.15) is 0 Å². The van der Waals surface area contributed by atoms with Crippen molar-refractivity contribution in [1.29, 1.82) is 0 Å². The van der Waals surface area contributed by atoms with Crippen LogP contribution in [0, 0.1) is 0 Å². The zero-order valence-electron chi connectivity index (χ0n) is 12.6. The van der Waals surface area contributed by atoms with Crippen LogP contribution in [0.4, 0.5) is 5.69 Å². The topological polar surface area (TPSA) is 78.4 Å². The first kappa shape index (κ1) is 16.8. The van der Waals surface area contributed by atoms with Crippen molar-refractivity contribution in [3.63, 3.8) is 0 Å². The third-order valence-electron chi connectivity index (χ3n) is 3.86. The number of amides is 2. The lowest BCUT2D eigenvalue weighted by molar-refractivity contribution is -0.120. The Balaban J connectivity index is 2.11. The Morgan fingerprint density at radius 2 is 2.00 bits per heavy atom. The first-order valence-corrected chi connectivity index (χ1v) is 7.91. The minimum absolute atomic E-state index is 0.0461. The lowest BCUT2D eigenvalue weighted by Gasteiger charge is -2.21. The minimum Gasteiger partial charge on any atom is -0.389 e. The highest BCUT2D eigenvalue weighted by Gasteiger charge is 2.33. The zero-order valence-corrected chi connectivity index (χ0v) is 13.4. The highest BCUT2D eigenvalue weighted by atomic mass is 35.5. The molecular weight excluding hydrogens is 304 g/mol. The number of hydrogen-bond acceptors (Lipinski definition) is 3. The minimum atomic E-state index is -0.914. The van der Waals surface area contributed by atoms with Gasteiger partial charge >= 0.3 is 0 Å². The first-order valence-electron chi connectivity index (χ1n) is 7.53. The quantitative estimate of drug-likeness (QED) is 0.779. The van der Waals surface area contributed by atoms with Crippen LogP contribution in [-0.4, -0.2) is 29.1 Å². The third kappa shape index (κ3) is 4.21. The van der Waals surface area contributed by atoms with E-state index in [0.29, 0.717) is 35.7 Å². The fourth-order valence-corrected chi connectivity index (χ4v) is 2.94. The van der Waals surface area contributed by atoms with Crippen molar-refractivity contribution >= 4 is 29.1 Å². The molecule has 5 nitrogen and oxygen atoms in total. The van der Waals surface area contributed by atoms with Crippen LogP contribution in [0.5, 0.6) is 0 Å². The molecule has 0 radical (unpaired) electrons. The van der Waals surface area contributed by atoms with Crippen LogP contribution in [0.2, 0.25) is 5.02 Å². The maximum atomic E-state index is 12.2. The Bertz CT molecular complexity index is 569.